The summed E-state index contributed by atoms with van der Waals surface area (Å²) in [5, 5.41) is 2.97. The molecule has 0 unspecified atom stereocenters. The second kappa shape index (κ2) is 10.4. The second-order valence-electron chi connectivity index (χ2n) is 7.70. The number of aromatic amines is 1. The number of hydrogen-bond acceptors (Lipinski definition) is 5. The number of hydrogen-bond donors (Lipinski definition) is 2. The molecule has 1 aliphatic rings. The van der Waals surface area contributed by atoms with Gasteiger partial charge in [-0.3, -0.25) is 14.6 Å². The van der Waals surface area contributed by atoms with Gasteiger partial charge in [0.25, 0.3) is 5.91 Å². The van der Waals surface area contributed by atoms with Gasteiger partial charge >= 0.3 is 5.97 Å². The van der Waals surface area contributed by atoms with Crippen LogP contribution in [0.3, 0.4) is 0 Å². The number of carbonyl (C=O) groups excluding carboxylic acids is 2. The van der Waals surface area contributed by atoms with E-state index in [1.807, 2.05) is 6.07 Å². The third-order valence-electron chi connectivity index (χ3n) is 5.57. The smallest absolute Gasteiger partial charge is 0.340 e. The van der Waals surface area contributed by atoms with Crippen molar-refractivity contribution in [3.05, 3.63) is 58.4 Å². The third kappa shape index (κ3) is 5.49. The number of carbonyl (C=O) groups is 2. The molecule has 2 heterocycles. The van der Waals surface area contributed by atoms with Crippen LogP contribution >= 0.6 is 0 Å². The molecule has 7 heteroatoms. The van der Waals surface area contributed by atoms with Crippen molar-refractivity contribution in [3.8, 4) is 0 Å². The molecular weight excluding hydrogens is 380 g/mol. The zero-order chi connectivity index (χ0) is 21.5. The number of amides is 1. The van der Waals surface area contributed by atoms with Crippen molar-refractivity contribution in [3.63, 3.8) is 0 Å². The van der Waals surface area contributed by atoms with Crippen LogP contribution in [0.2, 0.25) is 0 Å². The van der Waals surface area contributed by atoms with Gasteiger partial charge in [0.1, 0.15) is 5.69 Å². The SMILES string of the molecule is CCOC(=O)c1c(C)[nH]c(C(=O)NCCN2CCN(Cc3ccccc3)CC2)c1C. The first-order valence-corrected chi connectivity index (χ1v) is 10.6. The molecule has 1 saturated heterocycles. The van der Waals surface area contributed by atoms with Crippen molar-refractivity contribution >= 4 is 11.9 Å². The van der Waals surface area contributed by atoms with E-state index in [0.717, 1.165) is 39.3 Å². The van der Waals surface area contributed by atoms with E-state index in [4.69, 9.17) is 4.74 Å². The summed E-state index contributed by atoms with van der Waals surface area (Å²) in [4.78, 5) is 32.6. The summed E-state index contributed by atoms with van der Waals surface area (Å²) in [6.07, 6.45) is 0. The Labute approximate surface area is 178 Å². The van der Waals surface area contributed by atoms with Gasteiger partial charge in [-0.15, -0.1) is 0 Å². The highest BCUT2D eigenvalue weighted by Gasteiger charge is 2.23. The lowest BCUT2D eigenvalue weighted by molar-refractivity contribution is 0.0525. The quantitative estimate of drug-likeness (QED) is 0.651. The number of piperazine rings is 1. The minimum Gasteiger partial charge on any atom is -0.462 e. The topological polar surface area (TPSA) is 77.7 Å². The fraction of sp³-hybridized carbons (Fsp3) is 0.478. The Kier molecular flexibility index (Phi) is 7.65. The van der Waals surface area contributed by atoms with Crippen molar-refractivity contribution in [2.24, 2.45) is 0 Å². The lowest BCUT2D eigenvalue weighted by Crippen LogP contribution is -2.48. The van der Waals surface area contributed by atoms with Crippen molar-refractivity contribution in [1.29, 1.82) is 0 Å². The molecule has 2 N–H and O–H groups in total. The standard InChI is InChI=1S/C23H32N4O3/c1-4-30-23(29)20-17(2)21(25-18(20)3)22(28)24-10-11-26-12-14-27(15-13-26)16-19-8-6-5-7-9-19/h5-9,25H,4,10-16H2,1-3H3,(H,24,28). The van der Waals surface area contributed by atoms with Gasteiger partial charge in [-0.05, 0) is 31.9 Å². The summed E-state index contributed by atoms with van der Waals surface area (Å²) in [5.74, 6) is -0.579. The molecule has 1 aliphatic heterocycles. The van der Waals surface area contributed by atoms with Gasteiger partial charge in [0.2, 0.25) is 0 Å². The van der Waals surface area contributed by atoms with E-state index < -0.39 is 5.97 Å². The number of nitrogens with one attached hydrogen (secondary N) is 2. The Morgan fingerprint density at radius 3 is 2.40 bits per heavy atom. The Morgan fingerprint density at radius 2 is 1.73 bits per heavy atom. The summed E-state index contributed by atoms with van der Waals surface area (Å²) in [7, 11) is 0. The number of H-pyrrole nitrogens is 1. The number of ether oxygens (including phenoxy) is 1. The highest BCUT2D eigenvalue weighted by Crippen LogP contribution is 2.19. The Hall–Kier alpha value is -2.64. The highest BCUT2D eigenvalue weighted by molar-refractivity contribution is 6.00. The van der Waals surface area contributed by atoms with Gasteiger partial charge in [-0.2, -0.15) is 0 Å². The van der Waals surface area contributed by atoms with Crippen LogP contribution in [-0.4, -0.2) is 72.5 Å². The van der Waals surface area contributed by atoms with Crippen LogP contribution in [0.25, 0.3) is 0 Å². The molecule has 1 aromatic heterocycles. The van der Waals surface area contributed by atoms with E-state index in [1.165, 1.54) is 5.56 Å². The number of esters is 1. The zero-order valence-electron chi connectivity index (χ0n) is 18.2. The van der Waals surface area contributed by atoms with Gasteiger partial charge in [0.15, 0.2) is 0 Å². The molecule has 1 aromatic carbocycles. The molecule has 1 amide bonds. The van der Waals surface area contributed by atoms with Gasteiger partial charge in [0.05, 0.1) is 12.2 Å². The largest absolute Gasteiger partial charge is 0.462 e. The van der Waals surface area contributed by atoms with E-state index in [0.29, 0.717) is 35.7 Å². The van der Waals surface area contributed by atoms with Crippen molar-refractivity contribution in [1.82, 2.24) is 20.1 Å². The van der Waals surface area contributed by atoms with Crippen LogP contribution in [0.4, 0.5) is 0 Å². The van der Waals surface area contributed by atoms with Crippen LogP contribution in [0.1, 0.15) is 44.6 Å². The third-order valence-corrected chi connectivity index (χ3v) is 5.57. The first-order valence-electron chi connectivity index (χ1n) is 10.6. The lowest BCUT2D eigenvalue weighted by Gasteiger charge is -2.34. The molecule has 0 spiro atoms. The van der Waals surface area contributed by atoms with Crippen LogP contribution in [0, 0.1) is 13.8 Å². The molecule has 1 fully saturated rings. The summed E-state index contributed by atoms with van der Waals surface area (Å²) < 4.78 is 5.09. The molecule has 3 rings (SSSR count). The number of rotatable bonds is 8. The Morgan fingerprint density at radius 1 is 1.07 bits per heavy atom. The molecule has 0 radical (unpaired) electrons. The van der Waals surface area contributed by atoms with E-state index in [2.05, 4.69) is 44.4 Å². The van der Waals surface area contributed by atoms with Gasteiger partial charge < -0.3 is 15.0 Å². The van der Waals surface area contributed by atoms with Crippen molar-refractivity contribution < 1.29 is 14.3 Å². The summed E-state index contributed by atoms with van der Waals surface area (Å²) >= 11 is 0. The van der Waals surface area contributed by atoms with Crippen LogP contribution in [-0.2, 0) is 11.3 Å². The van der Waals surface area contributed by atoms with Crippen molar-refractivity contribution in [2.75, 3.05) is 45.9 Å². The molecule has 162 valence electrons. The number of aromatic nitrogens is 1. The molecule has 2 aromatic rings. The van der Waals surface area contributed by atoms with Gasteiger partial charge in [-0.25, -0.2) is 4.79 Å². The fourth-order valence-corrected chi connectivity index (χ4v) is 3.92. The second-order valence-corrected chi connectivity index (χ2v) is 7.70. The lowest BCUT2D eigenvalue weighted by atomic mass is 10.1. The average molecular weight is 413 g/mol. The predicted molar refractivity (Wildman–Crippen MR) is 117 cm³/mol. The van der Waals surface area contributed by atoms with Crippen LogP contribution in [0.15, 0.2) is 30.3 Å². The number of aryl methyl sites for hydroxylation is 1. The monoisotopic (exact) mass is 412 g/mol. The average Bonchev–Trinajstić information content (AvgIpc) is 3.04. The minimum atomic E-state index is -0.392. The number of benzene rings is 1. The maximum absolute atomic E-state index is 12.6. The normalized spacial score (nSPS) is 15.2. The van der Waals surface area contributed by atoms with E-state index in [1.54, 1.807) is 20.8 Å². The summed E-state index contributed by atoms with van der Waals surface area (Å²) in [6.45, 7) is 12.1. The van der Waals surface area contributed by atoms with Crippen LogP contribution in [0.5, 0.6) is 0 Å². The van der Waals surface area contributed by atoms with Crippen molar-refractivity contribution in [2.45, 2.75) is 27.3 Å². The maximum Gasteiger partial charge on any atom is 0.340 e. The summed E-state index contributed by atoms with van der Waals surface area (Å²) in [6, 6.07) is 10.5. The van der Waals surface area contributed by atoms with E-state index in [-0.39, 0.29) is 5.91 Å². The minimum absolute atomic E-state index is 0.186. The van der Waals surface area contributed by atoms with Gasteiger partial charge in [-0.1, -0.05) is 30.3 Å². The Balaban J connectivity index is 1.43. The zero-order valence-corrected chi connectivity index (χ0v) is 18.2. The fourth-order valence-electron chi connectivity index (χ4n) is 3.92. The van der Waals surface area contributed by atoms with Crippen LogP contribution < -0.4 is 5.32 Å². The molecule has 30 heavy (non-hydrogen) atoms. The first-order chi connectivity index (χ1) is 14.5. The Bertz CT molecular complexity index is 855. The summed E-state index contributed by atoms with van der Waals surface area (Å²) in [5.41, 5.74) is 3.53. The van der Waals surface area contributed by atoms with E-state index in [9.17, 15) is 9.59 Å². The molecule has 0 saturated carbocycles. The maximum atomic E-state index is 12.6. The first kappa shape index (κ1) is 22.1. The molecule has 0 aliphatic carbocycles. The van der Waals surface area contributed by atoms with Gasteiger partial charge in [0, 0.05) is 51.5 Å². The van der Waals surface area contributed by atoms with E-state index >= 15 is 0 Å². The predicted octanol–water partition coefficient (Wildman–Crippen LogP) is 2.36. The molecule has 0 atom stereocenters. The molecule has 0 bridgehead atoms. The molecular formula is C23H32N4O3. The highest BCUT2D eigenvalue weighted by atomic mass is 16.5. The number of nitrogens with zero attached hydrogens (tertiary/aromatic N) is 2. The molecule has 7 nitrogen and oxygen atoms in total.